The summed E-state index contributed by atoms with van der Waals surface area (Å²) in [7, 11) is 0. The maximum absolute atomic E-state index is 13.0. The third-order valence-electron chi connectivity index (χ3n) is 3.06. The molecule has 0 bridgehead atoms. The quantitative estimate of drug-likeness (QED) is 0.905. The highest BCUT2D eigenvalue weighted by atomic mass is 32.2. The van der Waals surface area contributed by atoms with E-state index in [4.69, 9.17) is 0 Å². The second kappa shape index (κ2) is 6.23. The van der Waals surface area contributed by atoms with E-state index in [9.17, 15) is 4.39 Å². The van der Waals surface area contributed by atoms with Crippen molar-refractivity contribution in [2.45, 2.75) is 26.3 Å². The number of hydrogen-bond donors (Lipinski definition) is 1. The summed E-state index contributed by atoms with van der Waals surface area (Å²) >= 11 is 1.78. The second-order valence-corrected chi connectivity index (χ2v) is 5.88. The Morgan fingerprint density at radius 2 is 2.33 bits per heavy atom. The molecule has 1 unspecified atom stereocenters. The number of nitrogens with one attached hydrogen (secondary N) is 1. The molecule has 2 nitrogen and oxygen atoms in total. The van der Waals surface area contributed by atoms with Gasteiger partial charge in [0.15, 0.2) is 5.17 Å². The molecule has 0 aromatic heterocycles. The Bertz CT molecular complexity index is 432. The molecule has 1 saturated heterocycles. The zero-order valence-corrected chi connectivity index (χ0v) is 11.6. The molecule has 1 aromatic carbocycles. The summed E-state index contributed by atoms with van der Waals surface area (Å²) < 4.78 is 13.0. The van der Waals surface area contributed by atoms with Crippen LogP contribution in [0.3, 0.4) is 0 Å². The van der Waals surface area contributed by atoms with Gasteiger partial charge in [-0.25, -0.2) is 4.39 Å². The van der Waals surface area contributed by atoms with E-state index in [-0.39, 0.29) is 5.82 Å². The van der Waals surface area contributed by atoms with Crippen LogP contribution in [-0.4, -0.2) is 23.5 Å². The van der Waals surface area contributed by atoms with Gasteiger partial charge in [-0.05, 0) is 30.0 Å². The molecule has 1 atom stereocenters. The van der Waals surface area contributed by atoms with E-state index in [1.165, 1.54) is 6.07 Å². The summed E-state index contributed by atoms with van der Waals surface area (Å²) in [6.07, 6.45) is 0.788. The van der Waals surface area contributed by atoms with Gasteiger partial charge in [0.25, 0.3) is 0 Å². The van der Waals surface area contributed by atoms with E-state index in [1.54, 1.807) is 23.9 Å². The molecule has 2 rings (SSSR count). The van der Waals surface area contributed by atoms with Crippen molar-refractivity contribution in [2.24, 2.45) is 10.9 Å². The molecule has 1 N–H and O–H groups in total. The van der Waals surface area contributed by atoms with Crippen molar-refractivity contribution in [2.75, 3.05) is 12.3 Å². The van der Waals surface area contributed by atoms with Crippen LogP contribution in [0.15, 0.2) is 29.3 Å². The third kappa shape index (κ3) is 3.73. The lowest BCUT2D eigenvalue weighted by atomic mass is 10.1. The average molecular weight is 266 g/mol. The first-order chi connectivity index (χ1) is 8.65. The van der Waals surface area contributed by atoms with Crippen molar-refractivity contribution in [3.05, 3.63) is 35.6 Å². The average Bonchev–Trinajstić information content (AvgIpc) is 2.78. The molecule has 0 saturated carbocycles. The molecule has 0 radical (unpaired) electrons. The predicted molar refractivity (Wildman–Crippen MR) is 76.6 cm³/mol. The van der Waals surface area contributed by atoms with Crippen LogP contribution in [0.5, 0.6) is 0 Å². The summed E-state index contributed by atoms with van der Waals surface area (Å²) in [5.41, 5.74) is 1.00. The topological polar surface area (TPSA) is 24.4 Å². The fourth-order valence-corrected chi connectivity index (χ4v) is 3.06. The minimum atomic E-state index is -0.173. The fraction of sp³-hybridized carbons (Fsp3) is 0.500. The summed E-state index contributed by atoms with van der Waals surface area (Å²) in [6.45, 7) is 5.14. The molecule has 18 heavy (non-hydrogen) atoms. The summed E-state index contributed by atoms with van der Waals surface area (Å²) in [5.74, 6) is 1.55. The predicted octanol–water partition coefficient (Wildman–Crippen LogP) is 3.09. The lowest BCUT2D eigenvalue weighted by Crippen LogP contribution is -2.31. The number of nitrogens with zero attached hydrogens (tertiary/aromatic N) is 1. The van der Waals surface area contributed by atoms with Crippen LogP contribution >= 0.6 is 11.8 Å². The second-order valence-electron chi connectivity index (χ2n) is 4.87. The lowest BCUT2D eigenvalue weighted by molar-refractivity contribution is 0.503. The first-order valence-electron chi connectivity index (χ1n) is 6.33. The number of hydrogen-bond acceptors (Lipinski definition) is 2. The molecule has 1 heterocycles. The van der Waals surface area contributed by atoms with Gasteiger partial charge < -0.3 is 5.32 Å². The van der Waals surface area contributed by atoms with E-state index >= 15 is 0 Å². The van der Waals surface area contributed by atoms with Gasteiger partial charge in [0.2, 0.25) is 0 Å². The highest BCUT2D eigenvalue weighted by Gasteiger charge is 2.22. The summed E-state index contributed by atoms with van der Waals surface area (Å²) in [4.78, 5) is 4.53. The largest absolute Gasteiger partial charge is 0.361 e. The number of benzene rings is 1. The molecule has 1 aromatic rings. The molecule has 1 aliphatic rings. The Morgan fingerprint density at radius 3 is 3.00 bits per heavy atom. The number of aliphatic imine (C=N–C) groups is 1. The van der Waals surface area contributed by atoms with Gasteiger partial charge in [-0.15, -0.1) is 0 Å². The van der Waals surface area contributed by atoms with E-state index in [1.807, 2.05) is 6.07 Å². The van der Waals surface area contributed by atoms with Crippen LogP contribution in [0, 0.1) is 11.7 Å². The fourth-order valence-electron chi connectivity index (χ4n) is 1.84. The van der Waals surface area contributed by atoms with Gasteiger partial charge in [0.1, 0.15) is 5.82 Å². The van der Waals surface area contributed by atoms with Gasteiger partial charge in [0, 0.05) is 18.3 Å². The SMILES string of the molecule is CC(C)C1CSC(=NCCc2cccc(F)c2)N1. The Hall–Kier alpha value is -1.03. The van der Waals surface area contributed by atoms with Gasteiger partial charge in [-0.3, -0.25) is 4.99 Å². The third-order valence-corrected chi connectivity index (χ3v) is 4.10. The van der Waals surface area contributed by atoms with E-state index < -0.39 is 0 Å². The normalized spacial score (nSPS) is 21.6. The standard InChI is InChI=1S/C14H19FN2S/c1-10(2)13-9-18-14(17-13)16-7-6-11-4-3-5-12(15)8-11/h3-5,8,10,13H,6-7,9H2,1-2H3,(H,16,17). The minimum absolute atomic E-state index is 0.173. The summed E-state index contributed by atoms with van der Waals surface area (Å²) in [5, 5.41) is 4.46. The Kier molecular flexibility index (Phi) is 4.64. The van der Waals surface area contributed by atoms with Crippen molar-refractivity contribution >= 4 is 16.9 Å². The molecule has 98 valence electrons. The van der Waals surface area contributed by atoms with E-state index in [0.717, 1.165) is 22.9 Å². The van der Waals surface area contributed by atoms with Gasteiger partial charge in [-0.1, -0.05) is 37.7 Å². The highest BCUT2D eigenvalue weighted by Crippen LogP contribution is 2.19. The molecule has 0 amide bonds. The zero-order chi connectivity index (χ0) is 13.0. The van der Waals surface area contributed by atoms with Gasteiger partial charge >= 0.3 is 0 Å². The van der Waals surface area contributed by atoms with E-state index in [2.05, 4.69) is 24.2 Å². The smallest absolute Gasteiger partial charge is 0.156 e. The Labute approximate surface area is 112 Å². The van der Waals surface area contributed by atoms with Crippen LogP contribution in [0.2, 0.25) is 0 Å². The molecule has 1 aliphatic heterocycles. The number of thioether (sulfide) groups is 1. The molecule has 1 fully saturated rings. The van der Waals surface area contributed by atoms with Crippen LogP contribution in [-0.2, 0) is 6.42 Å². The van der Waals surface area contributed by atoms with Crippen molar-refractivity contribution < 1.29 is 4.39 Å². The van der Waals surface area contributed by atoms with Crippen LogP contribution in [0.25, 0.3) is 0 Å². The number of halogens is 1. The van der Waals surface area contributed by atoms with Gasteiger partial charge in [-0.2, -0.15) is 0 Å². The first kappa shape index (κ1) is 13.4. The lowest BCUT2D eigenvalue weighted by Gasteiger charge is -2.13. The van der Waals surface area contributed by atoms with Crippen molar-refractivity contribution in [3.63, 3.8) is 0 Å². The molecule has 0 spiro atoms. The maximum atomic E-state index is 13.0. The van der Waals surface area contributed by atoms with Crippen LogP contribution in [0.1, 0.15) is 19.4 Å². The number of rotatable bonds is 4. The van der Waals surface area contributed by atoms with Crippen LogP contribution in [0.4, 0.5) is 4.39 Å². The first-order valence-corrected chi connectivity index (χ1v) is 7.32. The molecule has 4 heteroatoms. The van der Waals surface area contributed by atoms with E-state index in [0.29, 0.717) is 18.5 Å². The Balaban J connectivity index is 1.82. The van der Waals surface area contributed by atoms with Gasteiger partial charge in [0.05, 0.1) is 0 Å². The molecular formula is C14H19FN2S. The monoisotopic (exact) mass is 266 g/mol. The highest BCUT2D eigenvalue weighted by molar-refractivity contribution is 8.14. The van der Waals surface area contributed by atoms with Crippen molar-refractivity contribution in [3.8, 4) is 0 Å². The number of amidine groups is 1. The molecule has 0 aliphatic carbocycles. The van der Waals surface area contributed by atoms with Crippen LogP contribution < -0.4 is 5.32 Å². The maximum Gasteiger partial charge on any atom is 0.156 e. The Morgan fingerprint density at radius 1 is 1.50 bits per heavy atom. The van der Waals surface area contributed by atoms with Crippen molar-refractivity contribution in [1.82, 2.24) is 5.32 Å². The minimum Gasteiger partial charge on any atom is -0.361 e. The van der Waals surface area contributed by atoms with Crippen molar-refractivity contribution in [1.29, 1.82) is 0 Å². The zero-order valence-electron chi connectivity index (χ0n) is 10.8. The molecular weight excluding hydrogens is 247 g/mol. The summed E-state index contributed by atoms with van der Waals surface area (Å²) in [6, 6.07) is 7.26.